The number of likely N-dealkylation sites (tertiary alicyclic amines) is 1. The number of carbonyl (C=O) groups excluding carboxylic acids is 1. The van der Waals surface area contributed by atoms with E-state index < -0.39 is 0 Å². The second-order valence-electron chi connectivity index (χ2n) is 8.86. The summed E-state index contributed by atoms with van der Waals surface area (Å²) in [6, 6.07) is 10.1. The monoisotopic (exact) mass is 459 g/mol. The van der Waals surface area contributed by atoms with E-state index in [0.717, 1.165) is 23.3 Å². The first-order valence-electron chi connectivity index (χ1n) is 11.1. The average Bonchev–Trinajstić information content (AvgIpc) is 3.46. The molecule has 0 spiro atoms. The van der Waals surface area contributed by atoms with Crippen LogP contribution in [0.2, 0.25) is 0 Å². The van der Waals surface area contributed by atoms with E-state index in [2.05, 4.69) is 14.9 Å². The second-order valence-corrected chi connectivity index (χ2v) is 8.86. The highest BCUT2D eigenvalue weighted by atomic mass is 19.1. The largest absolute Gasteiger partial charge is 0.382 e. The maximum atomic E-state index is 13.6. The molecule has 4 aromatic rings. The molecule has 34 heavy (non-hydrogen) atoms. The first-order valence-corrected chi connectivity index (χ1v) is 11.1. The summed E-state index contributed by atoms with van der Waals surface area (Å²) in [5.74, 6) is -0.527. The van der Waals surface area contributed by atoms with Crippen molar-refractivity contribution in [2.45, 2.75) is 19.4 Å². The molecular formula is C25H26FN7O. The van der Waals surface area contributed by atoms with Crippen molar-refractivity contribution in [3.8, 4) is 22.5 Å². The summed E-state index contributed by atoms with van der Waals surface area (Å²) in [6.45, 7) is 3.21. The Labute approximate surface area is 196 Å². The van der Waals surface area contributed by atoms with Gasteiger partial charge in [0.2, 0.25) is 0 Å². The van der Waals surface area contributed by atoms with Crippen LogP contribution in [0.3, 0.4) is 0 Å². The number of imidazole rings is 1. The van der Waals surface area contributed by atoms with Gasteiger partial charge in [-0.05, 0) is 63.8 Å². The minimum atomic E-state index is -0.349. The SMILES string of the molecule is Cc1cnc2ccc(-c3nc(C(=O)N4CC[C@H](N(C)C)C4)c(N)nc3-c3ccc(F)cc3)cn12. The summed E-state index contributed by atoms with van der Waals surface area (Å²) in [5.41, 5.74) is 10.6. The van der Waals surface area contributed by atoms with Crippen LogP contribution < -0.4 is 5.73 Å². The number of likely N-dealkylation sites (N-methyl/N-ethyl adjacent to an activating group) is 1. The van der Waals surface area contributed by atoms with Gasteiger partial charge in [0.05, 0.1) is 11.4 Å². The van der Waals surface area contributed by atoms with Gasteiger partial charge in [-0.25, -0.2) is 19.3 Å². The molecule has 1 atom stereocenters. The number of hydrogen-bond donors (Lipinski definition) is 1. The van der Waals surface area contributed by atoms with Crippen LogP contribution in [0.5, 0.6) is 0 Å². The maximum Gasteiger partial charge on any atom is 0.276 e. The molecule has 1 aromatic carbocycles. The molecule has 2 N–H and O–H groups in total. The highest BCUT2D eigenvalue weighted by Gasteiger charge is 2.31. The van der Waals surface area contributed by atoms with Gasteiger partial charge in [0.15, 0.2) is 11.5 Å². The number of amides is 1. The third-order valence-corrected chi connectivity index (χ3v) is 6.39. The number of rotatable bonds is 4. The van der Waals surface area contributed by atoms with E-state index in [9.17, 15) is 9.18 Å². The topological polar surface area (TPSA) is 92.7 Å². The Bertz CT molecular complexity index is 1380. The molecule has 9 heteroatoms. The molecule has 4 heterocycles. The smallest absolute Gasteiger partial charge is 0.276 e. The second kappa shape index (κ2) is 8.49. The third-order valence-electron chi connectivity index (χ3n) is 6.39. The van der Waals surface area contributed by atoms with Crippen molar-refractivity contribution < 1.29 is 9.18 Å². The first-order chi connectivity index (χ1) is 16.3. The Morgan fingerprint density at radius 2 is 1.79 bits per heavy atom. The summed E-state index contributed by atoms with van der Waals surface area (Å²) in [6.07, 6.45) is 4.60. The number of nitrogen functional groups attached to an aromatic ring is 1. The van der Waals surface area contributed by atoms with Crippen LogP contribution in [-0.4, -0.2) is 68.3 Å². The van der Waals surface area contributed by atoms with Gasteiger partial charge in [0.25, 0.3) is 5.91 Å². The zero-order valence-electron chi connectivity index (χ0n) is 19.4. The van der Waals surface area contributed by atoms with E-state index in [1.54, 1.807) is 23.2 Å². The molecule has 8 nitrogen and oxygen atoms in total. The third kappa shape index (κ3) is 3.88. The normalized spacial score (nSPS) is 16.0. The van der Waals surface area contributed by atoms with E-state index >= 15 is 0 Å². The van der Waals surface area contributed by atoms with Gasteiger partial charge in [0.1, 0.15) is 11.5 Å². The Morgan fingerprint density at radius 3 is 2.50 bits per heavy atom. The fourth-order valence-electron chi connectivity index (χ4n) is 4.36. The number of fused-ring (bicyclic) bond motifs is 1. The van der Waals surface area contributed by atoms with E-state index in [1.165, 1.54) is 12.1 Å². The van der Waals surface area contributed by atoms with Crippen molar-refractivity contribution in [2.24, 2.45) is 0 Å². The predicted molar refractivity (Wildman–Crippen MR) is 129 cm³/mol. The van der Waals surface area contributed by atoms with Gasteiger partial charge >= 0.3 is 0 Å². The van der Waals surface area contributed by atoms with Gasteiger partial charge in [-0.3, -0.25) is 4.79 Å². The predicted octanol–water partition coefficient (Wildman–Crippen LogP) is 3.26. The number of hydrogen-bond acceptors (Lipinski definition) is 6. The lowest BCUT2D eigenvalue weighted by Crippen LogP contribution is -2.35. The number of nitrogens with zero attached hydrogens (tertiary/aromatic N) is 6. The van der Waals surface area contributed by atoms with E-state index in [1.807, 2.05) is 43.7 Å². The maximum absolute atomic E-state index is 13.6. The number of anilines is 1. The molecule has 174 valence electrons. The van der Waals surface area contributed by atoms with Crippen LogP contribution in [0.1, 0.15) is 22.6 Å². The van der Waals surface area contributed by atoms with Crippen molar-refractivity contribution in [3.63, 3.8) is 0 Å². The van der Waals surface area contributed by atoms with Crippen LogP contribution in [0, 0.1) is 12.7 Å². The Hall–Kier alpha value is -3.85. The molecule has 0 bridgehead atoms. The van der Waals surface area contributed by atoms with E-state index in [-0.39, 0.29) is 23.2 Å². The molecule has 0 radical (unpaired) electrons. The quantitative estimate of drug-likeness (QED) is 0.504. The molecule has 1 aliphatic heterocycles. The molecule has 3 aromatic heterocycles. The van der Waals surface area contributed by atoms with Gasteiger partial charge in [-0.1, -0.05) is 0 Å². The minimum Gasteiger partial charge on any atom is -0.382 e. The molecule has 1 saturated heterocycles. The fourth-order valence-corrected chi connectivity index (χ4v) is 4.36. The molecule has 5 rings (SSSR count). The van der Waals surface area contributed by atoms with Crippen LogP contribution in [0.15, 0.2) is 48.8 Å². The van der Waals surface area contributed by atoms with E-state index in [0.29, 0.717) is 36.1 Å². The zero-order valence-corrected chi connectivity index (χ0v) is 19.4. The lowest BCUT2D eigenvalue weighted by Gasteiger charge is -2.21. The standard InChI is InChI=1S/C25H26FN7O/c1-15-12-28-20-9-6-17(13-33(15)20)22-21(16-4-7-18(26)8-5-16)30-24(27)23(29-22)25(34)32-11-10-19(14-32)31(2)3/h4-9,12-13,19H,10-11,14H2,1-3H3,(H2,27,30)/t19-/m0/s1. The molecule has 1 amide bonds. The zero-order chi connectivity index (χ0) is 24.0. The van der Waals surface area contributed by atoms with Crippen molar-refractivity contribution in [1.82, 2.24) is 29.2 Å². The molecule has 0 unspecified atom stereocenters. The summed E-state index contributed by atoms with van der Waals surface area (Å²) < 4.78 is 15.5. The van der Waals surface area contributed by atoms with Crippen molar-refractivity contribution in [3.05, 3.63) is 66.0 Å². The highest BCUT2D eigenvalue weighted by molar-refractivity contribution is 5.98. The molecule has 0 aliphatic carbocycles. The van der Waals surface area contributed by atoms with Crippen molar-refractivity contribution >= 4 is 17.4 Å². The minimum absolute atomic E-state index is 0.0567. The lowest BCUT2D eigenvalue weighted by molar-refractivity contribution is 0.0778. The van der Waals surface area contributed by atoms with Crippen LogP contribution in [-0.2, 0) is 0 Å². The molecule has 1 fully saturated rings. The highest BCUT2D eigenvalue weighted by Crippen LogP contribution is 2.32. The number of halogens is 1. The number of nitrogens with two attached hydrogens (primary N) is 1. The van der Waals surface area contributed by atoms with Gasteiger partial charge in [-0.15, -0.1) is 0 Å². The number of carbonyl (C=O) groups is 1. The summed E-state index contributed by atoms with van der Waals surface area (Å²) in [5, 5.41) is 0. The molecule has 1 aliphatic rings. The molecular weight excluding hydrogens is 433 g/mol. The summed E-state index contributed by atoms with van der Waals surface area (Å²) >= 11 is 0. The van der Waals surface area contributed by atoms with Crippen LogP contribution in [0.4, 0.5) is 10.2 Å². The Morgan fingerprint density at radius 1 is 1.09 bits per heavy atom. The van der Waals surface area contributed by atoms with Crippen LogP contribution in [0.25, 0.3) is 28.2 Å². The van der Waals surface area contributed by atoms with Gasteiger partial charge < -0.3 is 19.9 Å². The fraction of sp³-hybridized carbons (Fsp3) is 0.280. The Kier molecular flexibility index (Phi) is 5.49. The summed E-state index contributed by atoms with van der Waals surface area (Å²) in [7, 11) is 4.02. The van der Waals surface area contributed by atoms with Crippen LogP contribution >= 0.6 is 0 Å². The van der Waals surface area contributed by atoms with Crippen molar-refractivity contribution in [1.29, 1.82) is 0 Å². The van der Waals surface area contributed by atoms with E-state index in [4.69, 9.17) is 10.7 Å². The average molecular weight is 460 g/mol. The van der Waals surface area contributed by atoms with Gasteiger partial charge in [-0.2, -0.15) is 0 Å². The summed E-state index contributed by atoms with van der Waals surface area (Å²) in [4.78, 5) is 31.0. The number of aryl methyl sites for hydroxylation is 1. The van der Waals surface area contributed by atoms with Crippen molar-refractivity contribution in [2.75, 3.05) is 32.9 Å². The first kappa shape index (κ1) is 22.0. The van der Waals surface area contributed by atoms with Gasteiger partial charge in [0, 0.05) is 48.3 Å². The number of benzene rings is 1. The lowest BCUT2D eigenvalue weighted by atomic mass is 10.0. The number of aromatic nitrogens is 4. The Balaban J connectivity index is 1.64. The number of pyridine rings is 1. The molecule has 0 saturated carbocycles.